The first-order chi connectivity index (χ1) is 12.6. The fourth-order valence-electron chi connectivity index (χ4n) is 3.73. The smallest absolute Gasteiger partial charge is 0.318 e. The molecule has 134 valence electrons. The molecular formula is C20H20ClN3O2. The van der Waals surface area contributed by atoms with Gasteiger partial charge < -0.3 is 15.1 Å². The highest BCUT2D eigenvalue weighted by atomic mass is 35.5. The van der Waals surface area contributed by atoms with E-state index in [4.69, 9.17) is 11.6 Å². The standard InChI is InChI=1S/C20H20ClN3O2/c21-16-7-6-15-8-9-24-18(17(15)10-16)12-23(13-19(24)25)20(26)22-11-14-4-2-1-3-5-14/h1-7,10,18H,8-9,11-13H2,(H,22,26). The van der Waals surface area contributed by atoms with Crippen molar-refractivity contribution in [3.63, 3.8) is 0 Å². The van der Waals surface area contributed by atoms with E-state index in [0.717, 1.165) is 17.5 Å². The van der Waals surface area contributed by atoms with Crippen molar-refractivity contribution >= 4 is 23.5 Å². The Kier molecular flexibility index (Phi) is 4.55. The lowest BCUT2D eigenvalue weighted by molar-refractivity contribution is -0.139. The van der Waals surface area contributed by atoms with Crippen LogP contribution in [0.5, 0.6) is 0 Å². The van der Waals surface area contributed by atoms with E-state index in [2.05, 4.69) is 5.32 Å². The van der Waals surface area contributed by atoms with Gasteiger partial charge in [-0.1, -0.05) is 48.0 Å². The van der Waals surface area contributed by atoms with Crippen molar-refractivity contribution in [1.29, 1.82) is 0 Å². The number of hydrogen-bond donors (Lipinski definition) is 1. The first-order valence-electron chi connectivity index (χ1n) is 8.76. The van der Waals surface area contributed by atoms with Gasteiger partial charge in [-0.15, -0.1) is 0 Å². The molecule has 0 radical (unpaired) electrons. The number of urea groups is 1. The Morgan fingerprint density at radius 3 is 2.81 bits per heavy atom. The van der Waals surface area contributed by atoms with Gasteiger partial charge in [0, 0.05) is 24.7 Å². The predicted molar refractivity (Wildman–Crippen MR) is 99.9 cm³/mol. The number of halogens is 1. The molecule has 1 saturated heterocycles. The average Bonchev–Trinajstić information content (AvgIpc) is 2.66. The molecule has 3 amide bonds. The van der Waals surface area contributed by atoms with E-state index in [-0.39, 0.29) is 24.5 Å². The van der Waals surface area contributed by atoms with E-state index in [1.807, 2.05) is 53.4 Å². The van der Waals surface area contributed by atoms with Gasteiger partial charge in [0.1, 0.15) is 6.54 Å². The van der Waals surface area contributed by atoms with Crippen LogP contribution in [0.25, 0.3) is 0 Å². The minimum atomic E-state index is -0.212. The van der Waals surface area contributed by atoms with E-state index in [9.17, 15) is 9.59 Å². The Morgan fingerprint density at radius 1 is 1.19 bits per heavy atom. The number of nitrogens with zero attached hydrogens (tertiary/aromatic N) is 2. The van der Waals surface area contributed by atoms with E-state index in [0.29, 0.717) is 24.7 Å². The number of nitrogens with one attached hydrogen (secondary N) is 1. The number of carbonyl (C=O) groups excluding carboxylic acids is 2. The maximum atomic E-state index is 12.6. The van der Waals surface area contributed by atoms with Gasteiger partial charge in [0.05, 0.1) is 6.04 Å². The molecule has 2 heterocycles. The number of rotatable bonds is 2. The molecule has 0 aromatic heterocycles. The summed E-state index contributed by atoms with van der Waals surface area (Å²) < 4.78 is 0. The number of fused-ring (bicyclic) bond motifs is 3. The monoisotopic (exact) mass is 369 g/mol. The molecule has 2 aromatic rings. The van der Waals surface area contributed by atoms with Gasteiger partial charge >= 0.3 is 6.03 Å². The lowest BCUT2D eigenvalue weighted by Gasteiger charge is -2.44. The van der Waals surface area contributed by atoms with Gasteiger partial charge in [-0.3, -0.25) is 4.79 Å². The molecule has 5 nitrogen and oxygen atoms in total. The number of benzene rings is 2. The second-order valence-electron chi connectivity index (χ2n) is 6.72. The molecular weight excluding hydrogens is 350 g/mol. The number of amides is 3. The Bertz CT molecular complexity index is 840. The molecule has 1 fully saturated rings. The highest BCUT2D eigenvalue weighted by Gasteiger charge is 2.38. The molecule has 1 atom stereocenters. The lowest BCUT2D eigenvalue weighted by atomic mass is 9.91. The molecule has 1 N–H and O–H groups in total. The zero-order valence-electron chi connectivity index (χ0n) is 14.3. The van der Waals surface area contributed by atoms with Crippen molar-refractivity contribution in [2.24, 2.45) is 0 Å². The third-order valence-corrected chi connectivity index (χ3v) is 5.31. The predicted octanol–water partition coefficient (Wildman–Crippen LogP) is 2.99. The van der Waals surface area contributed by atoms with Gasteiger partial charge in [-0.05, 0) is 35.2 Å². The molecule has 4 rings (SSSR count). The number of carbonyl (C=O) groups is 2. The van der Waals surface area contributed by atoms with Crippen molar-refractivity contribution < 1.29 is 9.59 Å². The van der Waals surface area contributed by atoms with Crippen LogP contribution in [-0.2, 0) is 17.8 Å². The van der Waals surface area contributed by atoms with Gasteiger partial charge in [-0.25, -0.2) is 4.79 Å². The lowest BCUT2D eigenvalue weighted by Crippen LogP contribution is -2.57. The largest absolute Gasteiger partial charge is 0.334 e. The van der Waals surface area contributed by atoms with Crippen LogP contribution in [0.3, 0.4) is 0 Å². The van der Waals surface area contributed by atoms with Crippen molar-refractivity contribution in [3.05, 3.63) is 70.2 Å². The summed E-state index contributed by atoms with van der Waals surface area (Å²) in [6.07, 6.45) is 0.828. The minimum Gasteiger partial charge on any atom is -0.334 e. The molecule has 0 saturated carbocycles. The Hall–Kier alpha value is -2.53. The molecule has 2 aliphatic heterocycles. The van der Waals surface area contributed by atoms with Gasteiger partial charge in [0.2, 0.25) is 5.91 Å². The maximum Gasteiger partial charge on any atom is 0.318 e. The zero-order chi connectivity index (χ0) is 18.1. The molecule has 1 unspecified atom stereocenters. The summed E-state index contributed by atoms with van der Waals surface area (Å²) in [5, 5.41) is 3.57. The SMILES string of the molecule is O=C(NCc1ccccc1)N1CC(=O)N2CCc3ccc(Cl)cc3C2C1. The zero-order valence-corrected chi connectivity index (χ0v) is 15.1. The molecule has 0 spiro atoms. The van der Waals surface area contributed by atoms with Crippen LogP contribution in [0, 0.1) is 0 Å². The highest BCUT2D eigenvalue weighted by molar-refractivity contribution is 6.30. The third-order valence-electron chi connectivity index (χ3n) is 5.08. The molecule has 2 aliphatic rings. The summed E-state index contributed by atoms with van der Waals surface area (Å²) in [5.74, 6) is -0.0123. The van der Waals surface area contributed by atoms with E-state index in [1.165, 1.54) is 5.56 Å². The van der Waals surface area contributed by atoms with Gasteiger partial charge in [0.25, 0.3) is 0 Å². The summed E-state index contributed by atoms with van der Waals surface area (Å²) in [7, 11) is 0. The quantitative estimate of drug-likeness (QED) is 0.884. The molecule has 0 aliphatic carbocycles. The summed E-state index contributed by atoms with van der Waals surface area (Å²) in [5.41, 5.74) is 3.29. The Labute approximate surface area is 157 Å². The van der Waals surface area contributed by atoms with Crippen LogP contribution >= 0.6 is 11.6 Å². The number of piperazine rings is 1. The second-order valence-corrected chi connectivity index (χ2v) is 7.16. The van der Waals surface area contributed by atoms with Gasteiger partial charge in [0.15, 0.2) is 0 Å². The maximum absolute atomic E-state index is 12.6. The molecule has 6 heteroatoms. The summed E-state index contributed by atoms with van der Waals surface area (Å²) in [6.45, 7) is 1.74. The van der Waals surface area contributed by atoms with E-state index >= 15 is 0 Å². The highest BCUT2D eigenvalue weighted by Crippen LogP contribution is 2.34. The first kappa shape index (κ1) is 16.9. The average molecular weight is 370 g/mol. The van der Waals surface area contributed by atoms with E-state index in [1.54, 1.807) is 4.90 Å². The number of hydrogen-bond acceptors (Lipinski definition) is 2. The van der Waals surface area contributed by atoms with Crippen LogP contribution in [0.1, 0.15) is 22.7 Å². The fraction of sp³-hybridized carbons (Fsp3) is 0.300. The van der Waals surface area contributed by atoms with Crippen LogP contribution < -0.4 is 5.32 Å². The third kappa shape index (κ3) is 3.27. The van der Waals surface area contributed by atoms with Gasteiger partial charge in [-0.2, -0.15) is 0 Å². The summed E-state index contributed by atoms with van der Waals surface area (Å²) >= 11 is 6.16. The molecule has 0 bridgehead atoms. The van der Waals surface area contributed by atoms with Crippen LogP contribution in [0.2, 0.25) is 5.02 Å². The minimum absolute atomic E-state index is 0.0123. The van der Waals surface area contributed by atoms with E-state index < -0.39 is 0 Å². The Morgan fingerprint density at radius 2 is 2.00 bits per heavy atom. The molecule has 2 aromatic carbocycles. The summed E-state index contributed by atoms with van der Waals surface area (Å²) in [4.78, 5) is 28.6. The summed E-state index contributed by atoms with van der Waals surface area (Å²) in [6, 6.07) is 15.2. The van der Waals surface area contributed by atoms with Crippen molar-refractivity contribution in [1.82, 2.24) is 15.1 Å². The fourth-order valence-corrected chi connectivity index (χ4v) is 3.91. The van der Waals surface area contributed by atoms with Crippen molar-refractivity contribution in [2.75, 3.05) is 19.6 Å². The van der Waals surface area contributed by atoms with Crippen LogP contribution in [0.15, 0.2) is 48.5 Å². The van der Waals surface area contributed by atoms with Crippen LogP contribution in [-0.4, -0.2) is 41.4 Å². The van der Waals surface area contributed by atoms with Crippen molar-refractivity contribution in [3.8, 4) is 0 Å². The topological polar surface area (TPSA) is 52.7 Å². The normalized spacial score (nSPS) is 19.0. The second kappa shape index (κ2) is 7.00. The van der Waals surface area contributed by atoms with Crippen LogP contribution in [0.4, 0.5) is 4.79 Å². The molecule has 26 heavy (non-hydrogen) atoms. The first-order valence-corrected chi connectivity index (χ1v) is 9.14. The Balaban J connectivity index is 1.50. The van der Waals surface area contributed by atoms with Crippen molar-refractivity contribution in [2.45, 2.75) is 19.0 Å².